The van der Waals surface area contributed by atoms with Crippen LogP contribution in [0.25, 0.3) is 11.0 Å². The van der Waals surface area contributed by atoms with Crippen LogP contribution in [-0.4, -0.2) is 29.2 Å². The minimum absolute atomic E-state index is 0.733. The second-order valence-corrected chi connectivity index (χ2v) is 7.66. The predicted octanol–water partition coefficient (Wildman–Crippen LogP) is 5.38. The first kappa shape index (κ1) is 20.6. The highest BCUT2D eigenvalue weighted by Gasteiger charge is 2.37. The smallest absolute Gasteiger partial charge is 0.142 e. The molecule has 0 aliphatic heterocycles. The van der Waals surface area contributed by atoms with Crippen molar-refractivity contribution in [2.24, 2.45) is 0 Å². The number of hydrogen-bond donors (Lipinski definition) is 2. The maximum absolute atomic E-state index is 5.43. The van der Waals surface area contributed by atoms with Gasteiger partial charge in [0.15, 0.2) is 0 Å². The maximum Gasteiger partial charge on any atom is 0.142 e. The second kappa shape index (κ2) is 8.67. The van der Waals surface area contributed by atoms with Gasteiger partial charge in [0.25, 0.3) is 0 Å². The number of methoxy groups -OCH3 is 2. The first-order valence-corrected chi connectivity index (χ1v) is 10.7. The van der Waals surface area contributed by atoms with Gasteiger partial charge in [-0.3, -0.25) is 0 Å². The highest BCUT2D eigenvalue weighted by molar-refractivity contribution is 5.87. The number of ether oxygens (including phenoxy) is 2. The minimum atomic E-state index is -0.738. The number of H-pyrrole nitrogens is 1. The summed E-state index contributed by atoms with van der Waals surface area (Å²) >= 11 is 0. The van der Waals surface area contributed by atoms with Gasteiger partial charge in [-0.2, -0.15) is 0 Å². The van der Waals surface area contributed by atoms with E-state index in [2.05, 4.69) is 56.7 Å². The van der Waals surface area contributed by atoms with Gasteiger partial charge in [0.2, 0.25) is 0 Å². The molecule has 2 N–H and O–H groups in total. The Morgan fingerprint density at radius 3 is 1.85 bits per heavy atom. The van der Waals surface area contributed by atoms with E-state index in [1.54, 1.807) is 20.5 Å². The number of anilines is 1. The van der Waals surface area contributed by atoms with Crippen molar-refractivity contribution in [3.05, 3.63) is 114 Å². The Morgan fingerprint density at radius 2 is 1.27 bits per heavy atom. The molecule has 5 rings (SSSR count). The number of benzene rings is 3. The Kier molecular flexibility index (Phi) is 5.40. The molecule has 0 fully saturated rings. The molecule has 6 heteroatoms. The van der Waals surface area contributed by atoms with E-state index in [1.165, 1.54) is 0 Å². The van der Waals surface area contributed by atoms with Crippen LogP contribution in [0.5, 0.6) is 11.5 Å². The van der Waals surface area contributed by atoms with E-state index in [4.69, 9.17) is 9.47 Å². The van der Waals surface area contributed by atoms with Gasteiger partial charge in [0.1, 0.15) is 34.8 Å². The molecule has 0 saturated carbocycles. The third-order valence-corrected chi connectivity index (χ3v) is 5.91. The van der Waals surface area contributed by atoms with Crippen LogP contribution in [0.15, 0.2) is 97.5 Å². The Bertz CT molecular complexity index is 1300. The Hall–Kier alpha value is -4.32. The van der Waals surface area contributed by atoms with Crippen LogP contribution in [0.4, 0.5) is 5.82 Å². The van der Waals surface area contributed by atoms with Gasteiger partial charge >= 0.3 is 0 Å². The summed E-state index contributed by atoms with van der Waals surface area (Å²) in [6.45, 7) is 0. The average molecular weight is 437 g/mol. The van der Waals surface area contributed by atoms with Crippen molar-refractivity contribution in [1.29, 1.82) is 0 Å². The van der Waals surface area contributed by atoms with Crippen LogP contribution >= 0.6 is 0 Å². The molecule has 3 aromatic carbocycles. The number of aromatic nitrogens is 3. The summed E-state index contributed by atoms with van der Waals surface area (Å²) in [7, 11) is 3.34. The lowest BCUT2D eigenvalue weighted by Crippen LogP contribution is -2.38. The molecular weight excluding hydrogens is 412 g/mol. The van der Waals surface area contributed by atoms with Gasteiger partial charge in [0, 0.05) is 6.20 Å². The van der Waals surface area contributed by atoms with Crippen LogP contribution in [-0.2, 0) is 5.54 Å². The first-order valence-electron chi connectivity index (χ1n) is 10.7. The van der Waals surface area contributed by atoms with Crippen molar-refractivity contribution >= 4 is 16.9 Å². The number of fused-ring (bicyclic) bond motifs is 1. The molecule has 0 saturated heterocycles. The average Bonchev–Trinajstić information content (AvgIpc) is 3.38. The van der Waals surface area contributed by atoms with Gasteiger partial charge in [-0.15, -0.1) is 0 Å². The number of hydrogen-bond acceptors (Lipinski definition) is 5. The minimum Gasteiger partial charge on any atom is -0.497 e. The lowest BCUT2D eigenvalue weighted by molar-refractivity contribution is 0.414. The van der Waals surface area contributed by atoms with E-state index in [-0.39, 0.29) is 0 Å². The third-order valence-electron chi connectivity index (χ3n) is 5.91. The van der Waals surface area contributed by atoms with E-state index in [0.717, 1.165) is 45.0 Å². The van der Waals surface area contributed by atoms with Crippen LogP contribution in [0.1, 0.15) is 16.7 Å². The molecule has 0 aliphatic carbocycles. The predicted molar refractivity (Wildman–Crippen MR) is 130 cm³/mol. The van der Waals surface area contributed by atoms with Crippen molar-refractivity contribution in [1.82, 2.24) is 15.0 Å². The molecule has 6 nitrogen and oxygen atoms in total. The summed E-state index contributed by atoms with van der Waals surface area (Å²) < 4.78 is 10.9. The molecule has 2 heterocycles. The molecule has 0 atom stereocenters. The third kappa shape index (κ3) is 3.65. The molecule has 0 amide bonds. The molecular formula is C27H24N4O2. The van der Waals surface area contributed by atoms with E-state index in [0.29, 0.717) is 0 Å². The van der Waals surface area contributed by atoms with Crippen LogP contribution in [0.2, 0.25) is 0 Å². The van der Waals surface area contributed by atoms with E-state index >= 15 is 0 Å². The Morgan fingerprint density at radius 1 is 0.697 bits per heavy atom. The highest BCUT2D eigenvalue weighted by Crippen LogP contribution is 2.41. The molecule has 2 aromatic heterocycles. The summed E-state index contributed by atoms with van der Waals surface area (Å²) in [5, 5.41) is 4.71. The largest absolute Gasteiger partial charge is 0.497 e. The van der Waals surface area contributed by atoms with Gasteiger partial charge in [-0.1, -0.05) is 54.6 Å². The van der Waals surface area contributed by atoms with Crippen LogP contribution in [0.3, 0.4) is 0 Å². The fourth-order valence-corrected chi connectivity index (χ4v) is 4.24. The zero-order chi connectivity index (χ0) is 22.7. The summed E-state index contributed by atoms with van der Waals surface area (Å²) in [5.74, 6) is 2.33. The van der Waals surface area contributed by atoms with Crippen molar-refractivity contribution in [3.63, 3.8) is 0 Å². The fourth-order valence-electron chi connectivity index (χ4n) is 4.24. The first-order chi connectivity index (χ1) is 16.2. The summed E-state index contributed by atoms with van der Waals surface area (Å²) in [6, 6.07) is 28.6. The molecule has 164 valence electrons. The number of rotatable bonds is 7. The molecule has 0 spiro atoms. The lowest BCUT2D eigenvalue weighted by atomic mass is 9.77. The quantitative estimate of drug-likeness (QED) is 0.335. The van der Waals surface area contributed by atoms with Gasteiger partial charge in [-0.05, 0) is 47.0 Å². The van der Waals surface area contributed by atoms with Gasteiger partial charge in [0.05, 0.1) is 19.6 Å². The number of nitrogens with one attached hydrogen (secondary N) is 2. The van der Waals surface area contributed by atoms with E-state index in [9.17, 15) is 0 Å². The Labute approximate surface area is 192 Å². The van der Waals surface area contributed by atoms with Crippen molar-refractivity contribution < 1.29 is 9.47 Å². The number of nitrogens with zero attached hydrogens (tertiary/aromatic N) is 2. The van der Waals surface area contributed by atoms with Gasteiger partial charge < -0.3 is 19.8 Å². The molecule has 33 heavy (non-hydrogen) atoms. The van der Waals surface area contributed by atoms with Gasteiger partial charge in [-0.25, -0.2) is 9.97 Å². The number of aromatic amines is 1. The summed E-state index contributed by atoms with van der Waals surface area (Å²) in [5.41, 5.74) is 3.20. The SMILES string of the molecule is COc1ccc(C(Nc2ncnc3[nH]ccc23)(c2ccccc2)c2ccc(OC)cc2)cc1. The zero-order valence-electron chi connectivity index (χ0n) is 18.4. The normalized spacial score (nSPS) is 11.3. The molecule has 0 radical (unpaired) electrons. The van der Waals surface area contributed by atoms with E-state index < -0.39 is 5.54 Å². The second-order valence-electron chi connectivity index (χ2n) is 7.66. The zero-order valence-corrected chi connectivity index (χ0v) is 18.4. The van der Waals surface area contributed by atoms with E-state index in [1.807, 2.05) is 54.7 Å². The summed E-state index contributed by atoms with van der Waals surface area (Å²) in [6.07, 6.45) is 3.44. The molecule has 0 aliphatic rings. The monoisotopic (exact) mass is 436 g/mol. The lowest BCUT2D eigenvalue weighted by Gasteiger charge is -2.37. The maximum atomic E-state index is 5.43. The topological polar surface area (TPSA) is 72.1 Å². The summed E-state index contributed by atoms with van der Waals surface area (Å²) in [4.78, 5) is 12.1. The molecule has 0 unspecified atom stereocenters. The molecule has 5 aromatic rings. The van der Waals surface area contributed by atoms with Crippen LogP contribution in [0, 0.1) is 0 Å². The van der Waals surface area contributed by atoms with Crippen molar-refractivity contribution in [2.45, 2.75) is 5.54 Å². The fraction of sp³-hybridized carbons (Fsp3) is 0.111. The van der Waals surface area contributed by atoms with Crippen molar-refractivity contribution in [2.75, 3.05) is 19.5 Å². The van der Waals surface area contributed by atoms with Crippen molar-refractivity contribution in [3.8, 4) is 11.5 Å². The highest BCUT2D eigenvalue weighted by atomic mass is 16.5. The molecule has 0 bridgehead atoms. The Balaban J connectivity index is 1.79. The van der Waals surface area contributed by atoms with Crippen LogP contribution < -0.4 is 14.8 Å². The standard InChI is InChI=1S/C27H24N4O2/c1-32-22-12-8-20(9-13-22)27(19-6-4-3-5-7-19,21-10-14-23(33-2)15-11-21)31-26-24-16-17-28-25(24)29-18-30-26/h3-18H,1-2H3,(H2,28,29,30,31).